The number of benzene rings is 2. The van der Waals surface area contributed by atoms with Crippen molar-refractivity contribution in [3.05, 3.63) is 82.4 Å². The molecule has 0 aromatic heterocycles. The summed E-state index contributed by atoms with van der Waals surface area (Å²) in [6.07, 6.45) is 0.627. The Morgan fingerprint density at radius 1 is 0.695 bits per heavy atom. The maximum absolute atomic E-state index is 15.5. The van der Waals surface area contributed by atoms with Crippen molar-refractivity contribution in [1.82, 2.24) is 60.0 Å². The largest absolute Gasteiger partial charge is 0.422 e. The lowest BCUT2D eigenvalue weighted by molar-refractivity contribution is -0.158. The third-order valence-corrected chi connectivity index (χ3v) is 22.1. The number of fused-ring (bicyclic) bond motifs is 3. The fourth-order valence-corrected chi connectivity index (χ4v) is 15.2. The van der Waals surface area contributed by atoms with Crippen LogP contribution in [0.25, 0.3) is 0 Å². The van der Waals surface area contributed by atoms with E-state index in [4.69, 9.17) is 4.74 Å². The summed E-state index contributed by atoms with van der Waals surface area (Å²) in [6, 6.07) is -2.85. The minimum Gasteiger partial charge on any atom is -0.377 e. The molecule has 10 atom stereocenters. The molecule has 578 valence electrons. The molecule has 5 fully saturated rings. The van der Waals surface area contributed by atoms with Crippen LogP contribution in [0.15, 0.2) is 48.6 Å². The molecule has 3 aliphatic carbocycles. The predicted octanol–water partition coefficient (Wildman–Crippen LogP) is 4.78. The van der Waals surface area contributed by atoms with Crippen LogP contribution in [0.4, 0.5) is 22.0 Å². The zero-order valence-electron chi connectivity index (χ0n) is 62.5. The van der Waals surface area contributed by atoms with E-state index in [1.165, 1.54) is 80.9 Å². The number of ether oxygens (including phenoxy) is 1. The Bertz CT molecular complexity index is 3560. The van der Waals surface area contributed by atoms with Gasteiger partial charge in [-0.3, -0.25) is 57.5 Å². The van der Waals surface area contributed by atoms with Crippen LogP contribution in [0, 0.1) is 36.3 Å². The lowest BCUT2D eigenvalue weighted by Gasteiger charge is -2.46. The molecule has 8 rings (SSSR count). The molecule has 3 heterocycles. The molecule has 0 radical (unpaired) electrons. The molecule has 1 spiro atoms. The average molecular weight is 1480 g/mol. The first-order valence-corrected chi connectivity index (χ1v) is 36.7. The monoisotopic (exact) mass is 1480 g/mol. The molecular weight excluding hydrogens is 1370 g/mol. The number of halogens is 5. The van der Waals surface area contributed by atoms with E-state index < -0.39 is 198 Å². The van der Waals surface area contributed by atoms with E-state index in [-0.39, 0.29) is 76.1 Å². The molecule has 6 aliphatic rings. The van der Waals surface area contributed by atoms with E-state index in [0.717, 1.165) is 38.0 Å². The lowest BCUT2D eigenvalue weighted by Crippen LogP contribution is -2.68. The molecule has 3 aliphatic heterocycles. The SMILES string of the molecule is CCO[C@@H]1C[C@H]2C(=O)NC3(CCC3)C(=O)N(C)[C@@H](C3CCCC3)C(=O)N(C)[C@H](C(=O)N(C)C)CC(=O)N(C)[C@@H](CC3CC3)C(=O)N[C@@H]([C@@H](C)CC)C(=O)N(C)CC(=O)N(C)[C@H]3C/C=C\CCN(C3=O)[C@@H](Cc3ccc(C)cc3)C(=O)N(C)CC(=O)N[C@@H](CCc3cc(F)c(C(F)(F)F)c(F)c3)C(=O)N2C1. The topological polar surface area (TPSA) is 279 Å². The van der Waals surface area contributed by atoms with Crippen LogP contribution in [-0.2, 0) is 81.3 Å². The van der Waals surface area contributed by atoms with Gasteiger partial charge < -0.3 is 64.8 Å². The standard InChI is InChI=1S/C75H105F5N12O13/c1-13-45(4)63-71(102)86(8)43-61(95)87(9)54-23-16-15-19-34-91(70(54)101)58(38-46-26-24-44(3)25-27-46)69(100)85(7)42-59(93)81-53(31-30-48-35-51(76)62(52(77)36-48)75(78,79)80)67(98)92-41-50(105-14-2)39-56(92)66(97)83-74(32-20-33-74)73(104)90(12)64(49-21-17-18-22-49)72(103)89(11)57(68(99)84(5)6)40-60(94)88(10)55(65(96)82-63)37-47-28-29-47/h15-16,24-27,35-36,45,47,49-50,53-58,63-64H,13-14,17-23,28-34,37-43H2,1-12H3,(H,81,93)(H,82,96)(H,83,97)/b16-15-/t45-,50+,53-,54-,55-,56-,57-,58-,63-,64-/m0/s1. The number of carbonyl (C=O) groups excluding carboxylic acids is 12. The van der Waals surface area contributed by atoms with E-state index in [1.54, 1.807) is 38.1 Å². The van der Waals surface area contributed by atoms with Crippen molar-refractivity contribution >= 4 is 70.9 Å². The molecule has 30 heteroatoms. The molecule has 3 N–H and O–H groups in total. The van der Waals surface area contributed by atoms with Crippen molar-refractivity contribution in [2.24, 2.45) is 17.8 Å². The summed E-state index contributed by atoms with van der Waals surface area (Å²) in [6.45, 7) is 5.49. The molecule has 105 heavy (non-hydrogen) atoms. The van der Waals surface area contributed by atoms with Crippen LogP contribution < -0.4 is 16.0 Å². The lowest BCUT2D eigenvalue weighted by atomic mass is 9.74. The van der Waals surface area contributed by atoms with Crippen molar-refractivity contribution in [2.75, 3.05) is 89.2 Å². The number of nitrogens with zero attached hydrogens (tertiary/aromatic N) is 9. The van der Waals surface area contributed by atoms with Crippen LogP contribution in [-0.4, -0.2) is 264 Å². The number of rotatable bonds is 13. The van der Waals surface area contributed by atoms with Gasteiger partial charge in [0.1, 0.15) is 71.1 Å². The smallest absolute Gasteiger partial charge is 0.377 e. The van der Waals surface area contributed by atoms with Crippen molar-refractivity contribution in [3.8, 4) is 0 Å². The third kappa shape index (κ3) is 19.5. The van der Waals surface area contributed by atoms with E-state index in [1.807, 2.05) is 26.0 Å². The fraction of sp³-hybridized carbons (Fsp3) is 0.653. The summed E-state index contributed by atoms with van der Waals surface area (Å²) in [5, 5.41) is 8.48. The minimum atomic E-state index is -5.41. The third-order valence-electron chi connectivity index (χ3n) is 22.1. The number of nitrogens with one attached hydrogen (secondary N) is 3. The quantitative estimate of drug-likeness (QED) is 0.180. The zero-order chi connectivity index (χ0) is 77.3. The van der Waals surface area contributed by atoms with Gasteiger partial charge in [0, 0.05) is 88.9 Å². The van der Waals surface area contributed by atoms with E-state index in [2.05, 4.69) is 16.0 Å². The first-order valence-electron chi connectivity index (χ1n) is 36.7. The number of likely N-dealkylation sites (N-methyl/N-ethyl adjacent to an activating group) is 7. The highest BCUT2D eigenvalue weighted by molar-refractivity contribution is 6.01. The van der Waals surface area contributed by atoms with Crippen molar-refractivity contribution in [3.63, 3.8) is 0 Å². The van der Waals surface area contributed by atoms with Gasteiger partial charge in [-0.15, -0.1) is 0 Å². The average Bonchev–Trinajstić information content (AvgIpc) is 1.16. The van der Waals surface area contributed by atoms with Gasteiger partial charge in [0.25, 0.3) is 0 Å². The van der Waals surface area contributed by atoms with Crippen molar-refractivity contribution < 1.29 is 84.2 Å². The minimum absolute atomic E-state index is 0.0287. The molecule has 2 saturated heterocycles. The molecule has 3 saturated carbocycles. The van der Waals surface area contributed by atoms with Gasteiger partial charge in [-0.05, 0) is 119 Å². The van der Waals surface area contributed by atoms with Crippen molar-refractivity contribution in [1.29, 1.82) is 0 Å². The second-order valence-electron chi connectivity index (χ2n) is 29.9. The van der Waals surface area contributed by atoms with Gasteiger partial charge in [0.15, 0.2) is 0 Å². The predicted molar refractivity (Wildman–Crippen MR) is 376 cm³/mol. The number of carbonyl (C=O) groups is 12. The number of alkyl halides is 3. The highest BCUT2D eigenvalue weighted by atomic mass is 19.4. The molecule has 2 aromatic rings. The Labute approximate surface area is 611 Å². The Balaban J connectivity index is 1.21. The van der Waals surface area contributed by atoms with Crippen molar-refractivity contribution in [2.45, 2.75) is 209 Å². The molecule has 2 bridgehead atoms. The van der Waals surface area contributed by atoms with Gasteiger partial charge in [0.2, 0.25) is 70.9 Å². The number of aryl methyl sites for hydroxylation is 2. The first-order chi connectivity index (χ1) is 49.5. The number of amides is 12. The summed E-state index contributed by atoms with van der Waals surface area (Å²) >= 11 is 0. The molecule has 12 amide bonds. The molecule has 2 aromatic carbocycles. The normalized spacial score (nSPS) is 27.0. The zero-order valence-corrected chi connectivity index (χ0v) is 62.5. The Morgan fingerprint density at radius 2 is 1.33 bits per heavy atom. The van der Waals surface area contributed by atoms with E-state index in [9.17, 15) is 41.9 Å². The maximum atomic E-state index is 15.5. The summed E-state index contributed by atoms with van der Waals surface area (Å²) in [4.78, 5) is 191. The van der Waals surface area contributed by atoms with Crippen LogP contribution in [0.3, 0.4) is 0 Å². The number of hydrogen-bond donors (Lipinski definition) is 3. The maximum Gasteiger partial charge on any atom is 0.422 e. The first kappa shape index (κ1) is 82.1. The Kier molecular flexibility index (Phi) is 27.5. The Morgan fingerprint density at radius 3 is 1.91 bits per heavy atom. The molecular formula is C75H105F5N12O13. The Hall–Kier alpha value is -8.57. The van der Waals surface area contributed by atoms with E-state index >= 15 is 37.5 Å². The van der Waals surface area contributed by atoms with Crippen LogP contribution in [0.2, 0.25) is 0 Å². The van der Waals surface area contributed by atoms with Gasteiger partial charge in [0.05, 0.1) is 25.6 Å². The number of hydrogen-bond acceptors (Lipinski definition) is 13. The summed E-state index contributed by atoms with van der Waals surface area (Å²) in [5.41, 5.74) is -2.66. The highest BCUT2D eigenvalue weighted by Gasteiger charge is 2.54. The molecule has 25 nitrogen and oxygen atoms in total. The summed E-state index contributed by atoms with van der Waals surface area (Å²) in [7, 11) is 11.2. The van der Waals surface area contributed by atoms with Gasteiger partial charge in [-0.1, -0.05) is 87.9 Å². The summed E-state index contributed by atoms with van der Waals surface area (Å²) < 4.78 is 77.9. The van der Waals surface area contributed by atoms with E-state index in [0.29, 0.717) is 56.2 Å². The van der Waals surface area contributed by atoms with Crippen LogP contribution in [0.5, 0.6) is 0 Å². The van der Waals surface area contributed by atoms with Gasteiger partial charge in [-0.2, -0.15) is 13.2 Å². The van der Waals surface area contributed by atoms with Gasteiger partial charge in [-0.25, -0.2) is 8.78 Å². The van der Waals surface area contributed by atoms with Gasteiger partial charge >= 0.3 is 6.18 Å². The van der Waals surface area contributed by atoms with Crippen LogP contribution in [0.1, 0.15) is 146 Å². The highest BCUT2D eigenvalue weighted by Crippen LogP contribution is 2.40. The van der Waals surface area contributed by atoms with Crippen LogP contribution >= 0.6 is 0 Å². The summed E-state index contributed by atoms with van der Waals surface area (Å²) in [5.74, 6) is -13.7. The fourth-order valence-electron chi connectivity index (χ4n) is 15.2. The second kappa shape index (κ2) is 35.2. The molecule has 0 unspecified atom stereocenters. The second-order valence-corrected chi connectivity index (χ2v) is 29.9.